The van der Waals surface area contributed by atoms with Crippen molar-refractivity contribution in [3.8, 4) is 5.75 Å². The predicted molar refractivity (Wildman–Crippen MR) is 106 cm³/mol. The van der Waals surface area contributed by atoms with Crippen LogP contribution < -0.4 is 10.1 Å². The lowest BCUT2D eigenvalue weighted by atomic mass is 10.2. The van der Waals surface area contributed by atoms with Crippen molar-refractivity contribution in [3.63, 3.8) is 0 Å². The Bertz CT molecular complexity index is 986. The van der Waals surface area contributed by atoms with Crippen molar-refractivity contribution in [2.75, 3.05) is 5.32 Å². The number of ether oxygens (including phenoxy) is 1. The second-order valence-corrected chi connectivity index (χ2v) is 7.11. The first kappa shape index (κ1) is 18.9. The van der Waals surface area contributed by atoms with E-state index in [1.807, 2.05) is 36.6 Å². The molecule has 8 heteroatoms. The molecule has 2 aromatic carbocycles. The van der Waals surface area contributed by atoms with Crippen molar-refractivity contribution < 1.29 is 14.5 Å². The number of aryl methyl sites for hydroxylation is 1. The minimum Gasteiger partial charge on any atom is -0.489 e. The molecule has 0 aliphatic carbocycles. The largest absolute Gasteiger partial charge is 0.489 e. The number of amides is 1. The molecular weight excluding hydrogens is 388 g/mol. The van der Waals surface area contributed by atoms with Crippen LogP contribution in [0.3, 0.4) is 0 Å². The maximum atomic E-state index is 12.4. The number of hydrogen-bond acceptors (Lipinski definition) is 5. The van der Waals surface area contributed by atoms with Gasteiger partial charge in [0.1, 0.15) is 12.4 Å². The van der Waals surface area contributed by atoms with E-state index in [0.29, 0.717) is 11.5 Å². The molecule has 0 unspecified atom stereocenters. The lowest BCUT2D eigenvalue weighted by Gasteiger charge is -2.06. The smallest absolute Gasteiger partial charge is 0.271 e. The Morgan fingerprint density at radius 2 is 1.96 bits per heavy atom. The molecule has 0 aliphatic heterocycles. The van der Waals surface area contributed by atoms with Crippen LogP contribution in [-0.4, -0.2) is 10.8 Å². The second-order valence-electron chi connectivity index (χ2n) is 5.80. The molecule has 3 aromatic rings. The Balaban J connectivity index is 1.65. The van der Waals surface area contributed by atoms with Gasteiger partial charge in [-0.15, -0.1) is 11.3 Å². The number of nitrogens with zero attached hydrogens (tertiary/aromatic N) is 1. The van der Waals surface area contributed by atoms with E-state index >= 15 is 0 Å². The van der Waals surface area contributed by atoms with Crippen molar-refractivity contribution in [3.05, 3.63) is 85.1 Å². The second kappa shape index (κ2) is 8.20. The van der Waals surface area contributed by atoms with Gasteiger partial charge >= 0.3 is 0 Å². The van der Waals surface area contributed by atoms with E-state index in [4.69, 9.17) is 16.3 Å². The fourth-order valence-electron chi connectivity index (χ4n) is 2.28. The van der Waals surface area contributed by atoms with E-state index in [2.05, 4.69) is 5.32 Å². The van der Waals surface area contributed by atoms with E-state index < -0.39 is 4.92 Å². The standard InChI is InChI=1S/C19H15ClN2O4S/c1-12-2-5-15(6-3-12)26-10-13-8-18(27-11-13)19(23)21-17-9-14(22(24)25)4-7-16(17)20/h2-9,11H,10H2,1H3,(H,21,23). The van der Waals surface area contributed by atoms with Gasteiger partial charge in [0.25, 0.3) is 11.6 Å². The number of carbonyl (C=O) groups excluding carboxylic acids is 1. The fourth-order valence-corrected chi connectivity index (χ4v) is 3.23. The van der Waals surface area contributed by atoms with Crippen LogP contribution in [-0.2, 0) is 6.61 Å². The van der Waals surface area contributed by atoms with Crippen molar-refractivity contribution >= 4 is 40.2 Å². The third-order valence-corrected chi connectivity index (χ3v) is 5.02. The Labute approximate surface area is 164 Å². The van der Waals surface area contributed by atoms with Crippen LogP contribution >= 0.6 is 22.9 Å². The van der Waals surface area contributed by atoms with Gasteiger partial charge in [0.05, 0.1) is 20.5 Å². The average molecular weight is 403 g/mol. The normalized spacial score (nSPS) is 10.4. The zero-order chi connectivity index (χ0) is 19.4. The highest BCUT2D eigenvalue weighted by atomic mass is 35.5. The number of benzene rings is 2. The highest BCUT2D eigenvalue weighted by molar-refractivity contribution is 7.12. The molecule has 0 atom stereocenters. The van der Waals surface area contributed by atoms with Crippen LogP contribution in [0.1, 0.15) is 20.8 Å². The molecule has 0 radical (unpaired) electrons. The van der Waals surface area contributed by atoms with Crippen LogP contribution in [0.5, 0.6) is 5.75 Å². The number of thiophene rings is 1. The number of non-ortho nitro benzene ring substituents is 1. The van der Waals surface area contributed by atoms with Crippen molar-refractivity contribution in [2.24, 2.45) is 0 Å². The SMILES string of the molecule is Cc1ccc(OCc2csc(C(=O)Nc3cc([N+](=O)[O-])ccc3Cl)c2)cc1. The number of nitrogens with one attached hydrogen (secondary N) is 1. The summed E-state index contributed by atoms with van der Waals surface area (Å²) >= 11 is 7.27. The first-order valence-electron chi connectivity index (χ1n) is 7.94. The number of anilines is 1. The zero-order valence-electron chi connectivity index (χ0n) is 14.3. The topological polar surface area (TPSA) is 81.5 Å². The highest BCUT2D eigenvalue weighted by Gasteiger charge is 2.15. The molecule has 0 bridgehead atoms. The Kier molecular flexibility index (Phi) is 5.73. The molecule has 3 rings (SSSR count). The zero-order valence-corrected chi connectivity index (χ0v) is 15.8. The molecule has 6 nitrogen and oxygen atoms in total. The molecule has 1 N–H and O–H groups in total. The molecule has 27 heavy (non-hydrogen) atoms. The summed E-state index contributed by atoms with van der Waals surface area (Å²) in [5.41, 5.74) is 2.06. The molecule has 0 saturated carbocycles. The van der Waals surface area contributed by atoms with Gasteiger partial charge in [0, 0.05) is 17.7 Å². The van der Waals surface area contributed by atoms with E-state index in [0.717, 1.165) is 16.9 Å². The molecule has 0 fully saturated rings. The van der Waals surface area contributed by atoms with Gasteiger partial charge in [-0.05, 0) is 36.6 Å². The summed E-state index contributed by atoms with van der Waals surface area (Å²) < 4.78 is 5.70. The highest BCUT2D eigenvalue weighted by Crippen LogP contribution is 2.28. The third kappa shape index (κ3) is 4.84. The summed E-state index contributed by atoms with van der Waals surface area (Å²) in [7, 11) is 0. The predicted octanol–water partition coefficient (Wildman–Crippen LogP) is 5.45. The molecule has 1 amide bonds. The maximum Gasteiger partial charge on any atom is 0.271 e. The lowest BCUT2D eigenvalue weighted by Crippen LogP contribution is -2.10. The summed E-state index contributed by atoms with van der Waals surface area (Å²) in [6.45, 7) is 2.34. The number of nitro benzene ring substituents is 1. The van der Waals surface area contributed by atoms with Crippen LogP contribution in [0, 0.1) is 17.0 Å². The van der Waals surface area contributed by atoms with Crippen LogP contribution in [0.15, 0.2) is 53.9 Å². The summed E-state index contributed by atoms with van der Waals surface area (Å²) in [5, 5.41) is 15.5. The van der Waals surface area contributed by atoms with Gasteiger partial charge < -0.3 is 10.1 Å². The van der Waals surface area contributed by atoms with Crippen molar-refractivity contribution in [1.29, 1.82) is 0 Å². The Hall–Kier alpha value is -2.90. The summed E-state index contributed by atoms with van der Waals surface area (Å²) in [6, 6.07) is 13.3. The number of nitro groups is 1. The maximum absolute atomic E-state index is 12.4. The Morgan fingerprint density at radius 1 is 1.22 bits per heavy atom. The molecule has 0 aliphatic rings. The van der Waals surface area contributed by atoms with Crippen molar-refractivity contribution in [2.45, 2.75) is 13.5 Å². The molecule has 0 saturated heterocycles. The fraction of sp³-hybridized carbons (Fsp3) is 0.105. The van der Waals surface area contributed by atoms with Gasteiger partial charge in [0.15, 0.2) is 0 Å². The number of carbonyl (C=O) groups is 1. The summed E-state index contributed by atoms with van der Waals surface area (Å²) in [6.07, 6.45) is 0. The van der Waals surface area contributed by atoms with Crippen LogP contribution in [0.4, 0.5) is 11.4 Å². The van der Waals surface area contributed by atoms with Crippen LogP contribution in [0.25, 0.3) is 0 Å². The van der Waals surface area contributed by atoms with Gasteiger partial charge in [0.2, 0.25) is 0 Å². The van der Waals surface area contributed by atoms with E-state index in [9.17, 15) is 14.9 Å². The number of hydrogen-bond donors (Lipinski definition) is 1. The Morgan fingerprint density at radius 3 is 2.67 bits per heavy atom. The first-order chi connectivity index (χ1) is 12.9. The minimum atomic E-state index is -0.544. The van der Waals surface area contributed by atoms with E-state index in [-0.39, 0.29) is 22.3 Å². The molecular formula is C19H15ClN2O4S. The third-order valence-electron chi connectivity index (χ3n) is 3.71. The van der Waals surface area contributed by atoms with Crippen molar-refractivity contribution in [1.82, 2.24) is 0 Å². The number of rotatable bonds is 6. The molecule has 138 valence electrons. The van der Waals surface area contributed by atoms with Gasteiger partial charge in [-0.1, -0.05) is 29.3 Å². The van der Waals surface area contributed by atoms with E-state index in [1.165, 1.54) is 29.5 Å². The molecule has 0 spiro atoms. The lowest BCUT2D eigenvalue weighted by molar-refractivity contribution is -0.384. The quantitative estimate of drug-likeness (QED) is 0.439. The van der Waals surface area contributed by atoms with E-state index in [1.54, 1.807) is 6.07 Å². The minimum absolute atomic E-state index is 0.145. The monoisotopic (exact) mass is 402 g/mol. The molecule has 1 heterocycles. The first-order valence-corrected chi connectivity index (χ1v) is 9.20. The number of halogens is 1. The summed E-state index contributed by atoms with van der Waals surface area (Å²) in [5.74, 6) is 0.366. The van der Waals surface area contributed by atoms with Gasteiger partial charge in [-0.2, -0.15) is 0 Å². The van der Waals surface area contributed by atoms with Crippen LogP contribution in [0.2, 0.25) is 5.02 Å². The average Bonchev–Trinajstić information content (AvgIpc) is 3.12. The van der Waals surface area contributed by atoms with Gasteiger partial charge in [-0.3, -0.25) is 14.9 Å². The van der Waals surface area contributed by atoms with Gasteiger partial charge in [-0.25, -0.2) is 0 Å². The summed E-state index contributed by atoms with van der Waals surface area (Å²) in [4.78, 5) is 23.2. The molecule has 1 aromatic heterocycles.